The number of hydrogen-bond donors (Lipinski definition) is 2. The first-order valence-electron chi connectivity index (χ1n) is 1.19. The van der Waals surface area contributed by atoms with Crippen LogP contribution in [0.25, 0.3) is 0 Å². The summed E-state index contributed by atoms with van der Waals surface area (Å²) in [6.45, 7) is -0.278. The third kappa shape index (κ3) is 24.8. The van der Waals surface area contributed by atoms with Crippen molar-refractivity contribution >= 4 is 5.97 Å². The number of carbonyl (C=O) groups is 1. The van der Waals surface area contributed by atoms with E-state index in [0.29, 0.717) is 0 Å². The molecule has 0 saturated carbocycles. The minimum atomic E-state index is -0.968. The molecular weight excluding hydrogens is 150 g/mol. The van der Waals surface area contributed by atoms with Crippen LogP contribution in [0.15, 0.2) is 0 Å². The first-order chi connectivity index (χ1) is 2.27. The van der Waals surface area contributed by atoms with Gasteiger partial charge in [-0.1, -0.05) is 0 Å². The molecule has 0 rings (SSSR count). The number of rotatable bonds is 1. The predicted octanol–water partition coefficient (Wildman–Crippen LogP) is -1.80. The smallest absolute Gasteiger partial charge is 0.317 e. The van der Waals surface area contributed by atoms with E-state index in [1.54, 1.807) is 0 Å². The van der Waals surface area contributed by atoms with Gasteiger partial charge in [0.2, 0.25) is 0 Å². The van der Waals surface area contributed by atoms with Crippen LogP contribution >= 0.6 is 0 Å². The monoisotopic (exact) mass is 156 g/mol. The molecule has 0 aliphatic heterocycles. The molecule has 0 aliphatic rings. The number of nitrogens with two attached hydrogens (primary N) is 1. The normalized spacial score (nSPS) is 5.29. The molecule has 0 fully saturated rings. The van der Waals surface area contributed by atoms with Crippen molar-refractivity contribution in [1.29, 1.82) is 0 Å². The van der Waals surface area contributed by atoms with Gasteiger partial charge < -0.3 is 16.3 Å². The number of carboxylic acid groups (broad SMARTS) is 1. The molecule has 0 aliphatic carbocycles. The topological polar surface area (TPSA) is 94.8 Å². The Labute approximate surface area is 51.5 Å². The molecule has 5 heteroatoms. The van der Waals surface area contributed by atoms with Crippen LogP contribution in [0.4, 0.5) is 0 Å². The summed E-state index contributed by atoms with van der Waals surface area (Å²) in [4.78, 5) is 9.24. The van der Waals surface area contributed by atoms with E-state index in [1.807, 2.05) is 0 Å². The molecule has 1 radical (unpaired) electrons. The largest absolute Gasteiger partial charge is 0.480 e. The zero-order valence-corrected chi connectivity index (χ0v) is 4.38. The first-order valence-corrected chi connectivity index (χ1v) is 1.19. The van der Waals surface area contributed by atoms with Crippen molar-refractivity contribution in [2.75, 3.05) is 6.54 Å². The standard InChI is InChI=1S/C2H5NO2.Cu.H2O/c3-1-2(4)5;;/h1,3H2,(H,4,5);;1H2. The van der Waals surface area contributed by atoms with E-state index in [1.165, 1.54) is 0 Å². The molecule has 0 unspecified atom stereocenters. The maximum Gasteiger partial charge on any atom is 0.317 e. The number of carboxylic acids is 1. The second-order valence-corrected chi connectivity index (χ2v) is 0.598. The first kappa shape index (κ1) is 15.8. The van der Waals surface area contributed by atoms with E-state index in [9.17, 15) is 4.79 Å². The molecule has 49 valence electrons. The zero-order chi connectivity index (χ0) is 4.28. The molecule has 0 heterocycles. The quantitative estimate of drug-likeness (QED) is 0.439. The molecule has 0 spiro atoms. The van der Waals surface area contributed by atoms with Crippen molar-refractivity contribution in [3.8, 4) is 0 Å². The maximum absolute atomic E-state index is 9.24. The summed E-state index contributed by atoms with van der Waals surface area (Å²) < 4.78 is 0. The summed E-state index contributed by atoms with van der Waals surface area (Å²) >= 11 is 0. The van der Waals surface area contributed by atoms with Crippen molar-refractivity contribution in [1.82, 2.24) is 0 Å². The maximum atomic E-state index is 9.24. The van der Waals surface area contributed by atoms with Gasteiger partial charge in [0, 0.05) is 17.1 Å². The van der Waals surface area contributed by atoms with Crippen LogP contribution in [-0.2, 0) is 21.9 Å². The SMILES string of the molecule is NCC(=O)O.O.[Cu]. The molecule has 4 nitrogen and oxygen atoms in total. The van der Waals surface area contributed by atoms with Gasteiger partial charge in [0.05, 0.1) is 6.54 Å². The Morgan fingerprint density at radius 1 is 1.71 bits per heavy atom. The summed E-state index contributed by atoms with van der Waals surface area (Å²) in [5.41, 5.74) is 4.57. The van der Waals surface area contributed by atoms with Crippen LogP contribution in [0.5, 0.6) is 0 Å². The van der Waals surface area contributed by atoms with Crippen LogP contribution in [0, 0.1) is 0 Å². The van der Waals surface area contributed by atoms with E-state index >= 15 is 0 Å². The van der Waals surface area contributed by atoms with Gasteiger partial charge in [-0.25, -0.2) is 0 Å². The van der Waals surface area contributed by atoms with Gasteiger partial charge in [-0.15, -0.1) is 0 Å². The van der Waals surface area contributed by atoms with E-state index < -0.39 is 5.97 Å². The number of aliphatic carboxylic acids is 1. The Hall–Kier alpha value is -0.0905. The zero-order valence-electron chi connectivity index (χ0n) is 3.44. The Bertz CT molecular complexity index is 48.2. The van der Waals surface area contributed by atoms with Crippen molar-refractivity contribution in [3.63, 3.8) is 0 Å². The fourth-order valence-electron chi connectivity index (χ4n) is 0. The summed E-state index contributed by atoms with van der Waals surface area (Å²) in [7, 11) is 0. The Kier molecular flexibility index (Phi) is 21.0. The summed E-state index contributed by atoms with van der Waals surface area (Å²) in [5, 5.41) is 7.60. The van der Waals surface area contributed by atoms with Crippen LogP contribution in [0.2, 0.25) is 0 Å². The second-order valence-electron chi connectivity index (χ2n) is 0.598. The van der Waals surface area contributed by atoms with Crippen LogP contribution in [0.1, 0.15) is 0 Å². The third-order valence-electron chi connectivity index (χ3n) is 0.175. The van der Waals surface area contributed by atoms with Crippen LogP contribution < -0.4 is 5.73 Å². The summed E-state index contributed by atoms with van der Waals surface area (Å²) in [6.07, 6.45) is 0. The van der Waals surface area contributed by atoms with Crippen LogP contribution in [-0.4, -0.2) is 23.1 Å². The molecule has 0 saturated heterocycles. The van der Waals surface area contributed by atoms with Gasteiger partial charge in [-0.2, -0.15) is 0 Å². The van der Waals surface area contributed by atoms with Gasteiger partial charge >= 0.3 is 5.97 Å². The van der Waals surface area contributed by atoms with Gasteiger partial charge in [-0.3, -0.25) is 4.79 Å². The van der Waals surface area contributed by atoms with Gasteiger partial charge in [0.15, 0.2) is 0 Å². The molecule has 0 amide bonds. The molecule has 7 heavy (non-hydrogen) atoms. The molecule has 5 N–H and O–H groups in total. The third-order valence-corrected chi connectivity index (χ3v) is 0.175. The minimum Gasteiger partial charge on any atom is -0.480 e. The summed E-state index contributed by atoms with van der Waals surface area (Å²) in [5.74, 6) is -0.968. The van der Waals surface area contributed by atoms with E-state index in [0.717, 1.165) is 0 Å². The molecule has 0 bridgehead atoms. The van der Waals surface area contributed by atoms with Gasteiger partial charge in [0.25, 0.3) is 0 Å². The average Bonchev–Trinajstić information content (AvgIpc) is 1.38. The molecule has 0 aromatic rings. The molecule has 0 atom stereocenters. The summed E-state index contributed by atoms with van der Waals surface area (Å²) in [6, 6.07) is 0. The number of hydrogen-bond acceptors (Lipinski definition) is 2. The average molecular weight is 157 g/mol. The molecular formula is C2H7CuNO3. The van der Waals surface area contributed by atoms with Crippen LogP contribution in [0.3, 0.4) is 0 Å². The van der Waals surface area contributed by atoms with Crippen molar-refractivity contribution in [2.24, 2.45) is 5.73 Å². The van der Waals surface area contributed by atoms with Crippen molar-refractivity contribution in [3.05, 3.63) is 0 Å². The second kappa shape index (κ2) is 9.32. The molecule has 0 aromatic heterocycles. The van der Waals surface area contributed by atoms with Gasteiger partial charge in [-0.05, 0) is 0 Å². The fraction of sp³-hybridized carbons (Fsp3) is 0.500. The van der Waals surface area contributed by atoms with E-state index in [4.69, 9.17) is 5.11 Å². The van der Waals surface area contributed by atoms with Gasteiger partial charge in [0.1, 0.15) is 0 Å². The van der Waals surface area contributed by atoms with Crippen molar-refractivity contribution < 1.29 is 32.4 Å². The van der Waals surface area contributed by atoms with E-state index in [-0.39, 0.29) is 29.1 Å². The predicted molar refractivity (Wildman–Crippen MR) is 20.3 cm³/mol. The Morgan fingerprint density at radius 3 is 1.86 bits per heavy atom. The minimum absolute atomic E-state index is 0. The molecule has 0 aromatic carbocycles. The van der Waals surface area contributed by atoms with E-state index in [2.05, 4.69) is 5.73 Å². The fourth-order valence-corrected chi connectivity index (χ4v) is 0. The Balaban J connectivity index is -0.0000000800. The van der Waals surface area contributed by atoms with Crippen molar-refractivity contribution in [2.45, 2.75) is 0 Å². The Morgan fingerprint density at radius 2 is 1.86 bits per heavy atom.